The standard InChI is InChI=1S/C15H19N3/c1-11(15(2)8-9-15)17-13-5-3-12(4-6-13)14-7-10-16-18-14/h3-7,10-11,17H,8-9H2,1-2H3,(H,16,18). The Hall–Kier alpha value is -1.77. The van der Waals surface area contributed by atoms with Crippen LogP contribution in [0.1, 0.15) is 26.7 Å². The fourth-order valence-corrected chi connectivity index (χ4v) is 2.22. The maximum atomic E-state index is 3.97. The molecule has 0 bridgehead atoms. The van der Waals surface area contributed by atoms with Gasteiger partial charge in [0.2, 0.25) is 0 Å². The molecule has 18 heavy (non-hydrogen) atoms. The average Bonchev–Trinajstić information content (AvgIpc) is 2.94. The van der Waals surface area contributed by atoms with Gasteiger partial charge in [-0.15, -0.1) is 0 Å². The molecule has 1 atom stereocenters. The van der Waals surface area contributed by atoms with Crippen LogP contribution >= 0.6 is 0 Å². The highest BCUT2D eigenvalue weighted by atomic mass is 15.1. The van der Waals surface area contributed by atoms with Gasteiger partial charge in [-0.1, -0.05) is 19.1 Å². The Morgan fingerprint density at radius 2 is 1.94 bits per heavy atom. The summed E-state index contributed by atoms with van der Waals surface area (Å²) in [6, 6.07) is 11.0. The van der Waals surface area contributed by atoms with Crippen molar-refractivity contribution >= 4 is 5.69 Å². The summed E-state index contributed by atoms with van der Waals surface area (Å²) in [5.74, 6) is 0. The summed E-state index contributed by atoms with van der Waals surface area (Å²) in [6.45, 7) is 4.62. The summed E-state index contributed by atoms with van der Waals surface area (Å²) >= 11 is 0. The van der Waals surface area contributed by atoms with E-state index in [2.05, 4.69) is 53.6 Å². The zero-order chi connectivity index (χ0) is 12.6. The smallest absolute Gasteiger partial charge is 0.0650 e. The van der Waals surface area contributed by atoms with E-state index >= 15 is 0 Å². The third-order valence-corrected chi connectivity index (χ3v) is 4.16. The minimum atomic E-state index is 0.502. The Kier molecular flexibility index (Phi) is 2.62. The molecule has 3 heteroatoms. The van der Waals surface area contributed by atoms with Crippen molar-refractivity contribution in [3.63, 3.8) is 0 Å². The average molecular weight is 241 g/mol. The Morgan fingerprint density at radius 1 is 1.22 bits per heavy atom. The van der Waals surface area contributed by atoms with Gasteiger partial charge < -0.3 is 5.32 Å². The van der Waals surface area contributed by atoms with Gasteiger partial charge in [-0.2, -0.15) is 5.10 Å². The summed E-state index contributed by atoms with van der Waals surface area (Å²) in [4.78, 5) is 0. The molecule has 1 fully saturated rings. The van der Waals surface area contributed by atoms with E-state index in [0.717, 1.165) is 5.69 Å². The molecule has 3 rings (SSSR count). The van der Waals surface area contributed by atoms with E-state index in [1.807, 2.05) is 6.07 Å². The van der Waals surface area contributed by atoms with Crippen molar-refractivity contribution in [1.29, 1.82) is 0 Å². The Labute approximate surface area is 108 Å². The first kappa shape index (κ1) is 11.3. The van der Waals surface area contributed by atoms with Gasteiger partial charge in [-0.25, -0.2) is 0 Å². The zero-order valence-electron chi connectivity index (χ0n) is 10.9. The number of aromatic amines is 1. The van der Waals surface area contributed by atoms with Crippen molar-refractivity contribution in [1.82, 2.24) is 10.2 Å². The predicted octanol–water partition coefficient (Wildman–Crippen LogP) is 3.68. The largest absolute Gasteiger partial charge is 0.382 e. The van der Waals surface area contributed by atoms with Gasteiger partial charge in [0, 0.05) is 17.9 Å². The summed E-state index contributed by atoms with van der Waals surface area (Å²) < 4.78 is 0. The second-order valence-corrected chi connectivity index (χ2v) is 5.57. The first-order valence-corrected chi connectivity index (χ1v) is 6.54. The number of anilines is 1. The molecule has 0 aliphatic heterocycles. The van der Waals surface area contributed by atoms with Crippen LogP contribution in [0.3, 0.4) is 0 Å². The second kappa shape index (κ2) is 4.16. The lowest BCUT2D eigenvalue weighted by Crippen LogP contribution is -2.24. The number of nitrogens with zero attached hydrogens (tertiary/aromatic N) is 1. The number of nitrogens with one attached hydrogen (secondary N) is 2. The van der Waals surface area contributed by atoms with Gasteiger partial charge in [-0.3, -0.25) is 5.10 Å². The van der Waals surface area contributed by atoms with Crippen LogP contribution in [0.2, 0.25) is 0 Å². The van der Waals surface area contributed by atoms with E-state index in [0.29, 0.717) is 11.5 Å². The molecule has 0 amide bonds. The minimum absolute atomic E-state index is 0.502. The molecule has 2 N–H and O–H groups in total. The van der Waals surface area contributed by atoms with Crippen molar-refractivity contribution in [2.45, 2.75) is 32.7 Å². The summed E-state index contributed by atoms with van der Waals surface area (Å²) in [6.07, 6.45) is 4.46. The monoisotopic (exact) mass is 241 g/mol. The zero-order valence-corrected chi connectivity index (χ0v) is 10.9. The quantitative estimate of drug-likeness (QED) is 0.857. The van der Waals surface area contributed by atoms with Crippen LogP contribution in [-0.4, -0.2) is 16.2 Å². The van der Waals surface area contributed by atoms with E-state index in [4.69, 9.17) is 0 Å². The van der Waals surface area contributed by atoms with Crippen molar-refractivity contribution in [2.75, 3.05) is 5.32 Å². The number of H-pyrrole nitrogens is 1. The van der Waals surface area contributed by atoms with Crippen molar-refractivity contribution in [3.8, 4) is 11.3 Å². The maximum absolute atomic E-state index is 3.97. The van der Waals surface area contributed by atoms with Gasteiger partial charge in [0.1, 0.15) is 0 Å². The van der Waals surface area contributed by atoms with E-state index in [1.54, 1.807) is 6.20 Å². The first-order valence-electron chi connectivity index (χ1n) is 6.54. The van der Waals surface area contributed by atoms with Crippen LogP contribution < -0.4 is 5.32 Å². The van der Waals surface area contributed by atoms with E-state index < -0.39 is 0 Å². The maximum Gasteiger partial charge on any atom is 0.0650 e. The molecule has 0 spiro atoms. The van der Waals surface area contributed by atoms with Gasteiger partial charge in [0.25, 0.3) is 0 Å². The number of rotatable bonds is 4. The van der Waals surface area contributed by atoms with Crippen LogP contribution in [0.5, 0.6) is 0 Å². The van der Waals surface area contributed by atoms with E-state index in [-0.39, 0.29) is 0 Å². The van der Waals surface area contributed by atoms with Gasteiger partial charge in [0.05, 0.1) is 5.69 Å². The van der Waals surface area contributed by atoms with Crippen LogP contribution in [0.4, 0.5) is 5.69 Å². The number of benzene rings is 1. The lowest BCUT2D eigenvalue weighted by molar-refractivity contribution is 0.493. The summed E-state index contributed by atoms with van der Waals surface area (Å²) in [7, 11) is 0. The molecule has 1 heterocycles. The van der Waals surface area contributed by atoms with Crippen molar-refractivity contribution in [3.05, 3.63) is 36.5 Å². The van der Waals surface area contributed by atoms with Crippen molar-refractivity contribution < 1.29 is 0 Å². The molecular formula is C15H19N3. The highest BCUT2D eigenvalue weighted by Gasteiger charge is 2.42. The van der Waals surface area contributed by atoms with Gasteiger partial charge in [-0.05, 0) is 48.9 Å². The molecule has 0 saturated heterocycles. The van der Waals surface area contributed by atoms with Crippen LogP contribution in [-0.2, 0) is 0 Å². The third-order valence-electron chi connectivity index (χ3n) is 4.16. The third kappa shape index (κ3) is 2.13. The number of hydrogen-bond donors (Lipinski definition) is 2. The normalized spacial score (nSPS) is 18.3. The van der Waals surface area contributed by atoms with Gasteiger partial charge >= 0.3 is 0 Å². The summed E-state index contributed by atoms with van der Waals surface area (Å²) in [5, 5.41) is 10.5. The highest BCUT2D eigenvalue weighted by Crippen LogP contribution is 2.48. The van der Waals surface area contributed by atoms with Crippen LogP contribution in [0.25, 0.3) is 11.3 Å². The summed E-state index contributed by atoms with van der Waals surface area (Å²) in [5.41, 5.74) is 3.92. The molecule has 1 aliphatic carbocycles. The number of hydrogen-bond acceptors (Lipinski definition) is 2. The Morgan fingerprint density at radius 3 is 2.50 bits per heavy atom. The molecule has 2 aromatic rings. The van der Waals surface area contributed by atoms with Crippen LogP contribution in [0.15, 0.2) is 36.5 Å². The molecule has 94 valence electrons. The molecule has 1 aromatic heterocycles. The molecule has 0 radical (unpaired) electrons. The highest BCUT2D eigenvalue weighted by molar-refractivity contribution is 5.62. The fourth-order valence-electron chi connectivity index (χ4n) is 2.22. The molecule has 1 saturated carbocycles. The molecule has 1 unspecified atom stereocenters. The first-order chi connectivity index (χ1) is 8.67. The fraction of sp³-hybridized carbons (Fsp3) is 0.400. The second-order valence-electron chi connectivity index (χ2n) is 5.57. The topological polar surface area (TPSA) is 40.7 Å². The van der Waals surface area contributed by atoms with Crippen molar-refractivity contribution in [2.24, 2.45) is 5.41 Å². The van der Waals surface area contributed by atoms with E-state index in [9.17, 15) is 0 Å². The Bertz CT molecular complexity index is 509. The molecule has 1 aliphatic rings. The van der Waals surface area contributed by atoms with Crippen LogP contribution in [0, 0.1) is 5.41 Å². The molecule has 1 aromatic carbocycles. The molecular weight excluding hydrogens is 222 g/mol. The SMILES string of the molecule is CC(Nc1ccc(-c2ccn[nH]2)cc1)C1(C)CC1. The molecule has 3 nitrogen and oxygen atoms in total. The lowest BCUT2D eigenvalue weighted by Gasteiger charge is -2.21. The predicted molar refractivity (Wildman–Crippen MR) is 74.4 cm³/mol. The van der Waals surface area contributed by atoms with Gasteiger partial charge in [0.15, 0.2) is 0 Å². The Balaban J connectivity index is 1.71. The minimum Gasteiger partial charge on any atom is -0.382 e. The lowest BCUT2D eigenvalue weighted by atomic mass is 10.0. The van der Waals surface area contributed by atoms with E-state index in [1.165, 1.54) is 24.1 Å². The number of aromatic nitrogens is 2.